The Kier molecular flexibility index (Phi) is 6.85. The Morgan fingerprint density at radius 3 is 2.47 bits per heavy atom. The van der Waals surface area contributed by atoms with Crippen molar-refractivity contribution in [2.45, 2.75) is 0 Å². The van der Waals surface area contributed by atoms with Gasteiger partial charge in [-0.15, -0.1) is 0 Å². The number of furan rings is 2. The summed E-state index contributed by atoms with van der Waals surface area (Å²) in [6, 6.07) is 17.4. The van der Waals surface area contributed by atoms with E-state index >= 15 is 0 Å². The topological polar surface area (TPSA) is 128 Å². The molecule has 43 heavy (non-hydrogen) atoms. The number of ether oxygens (including phenoxy) is 1. The number of methoxy groups -OCH3 is 1. The zero-order valence-corrected chi connectivity index (χ0v) is 24.3. The van der Waals surface area contributed by atoms with Gasteiger partial charge in [-0.05, 0) is 54.6 Å². The van der Waals surface area contributed by atoms with Crippen molar-refractivity contribution in [3.05, 3.63) is 84.3 Å². The Morgan fingerprint density at radius 1 is 1.02 bits per heavy atom. The summed E-state index contributed by atoms with van der Waals surface area (Å²) in [6.45, 7) is 0. The number of pyridine rings is 2. The van der Waals surface area contributed by atoms with Crippen LogP contribution < -0.4 is 14.4 Å². The molecule has 6 aromatic rings. The van der Waals surface area contributed by atoms with Crippen LogP contribution in [-0.2, 0) is 10.0 Å². The molecular weight excluding hydrogens is 575 g/mol. The summed E-state index contributed by atoms with van der Waals surface area (Å²) in [5, 5.41) is 3.04. The highest BCUT2D eigenvalue weighted by atomic mass is 32.2. The van der Waals surface area contributed by atoms with Gasteiger partial charge in [-0.3, -0.25) is 14.1 Å². The van der Waals surface area contributed by atoms with E-state index in [-0.39, 0.29) is 22.6 Å². The van der Waals surface area contributed by atoms with E-state index in [1.807, 2.05) is 0 Å². The van der Waals surface area contributed by atoms with E-state index in [4.69, 9.17) is 18.6 Å². The fourth-order valence-corrected chi connectivity index (χ4v) is 5.36. The summed E-state index contributed by atoms with van der Waals surface area (Å²) in [5.74, 6) is 0.153. The smallest absolute Gasteiger partial charge is 0.255 e. The van der Waals surface area contributed by atoms with Gasteiger partial charge < -0.3 is 18.9 Å². The van der Waals surface area contributed by atoms with Crippen LogP contribution >= 0.6 is 0 Å². The van der Waals surface area contributed by atoms with E-state index in [9.17, 15) is 17.6 Å². The molecule has 0 radical (unpaired) electrons. The maximum atomic E-state index is 13.7. The van der Waals surface area contributed by atoms with Gasteiger partial charge in [-0.2, -0.15) is 0 Å². The summed E-state index contributed by atoms with van der Waals surface area (Å²) in [4.78, 5) is 22.3. The predicted octanol–water partition coefficient (Wildman–Crippen LogP) is 5.87. The number of anilines is 1. The number of benzene rings is 2. The van der Waals surface area contributed by atoms with Gasteiger partial charge in [0, 0.05) is 48.9 Å². The molecule has 1 amide bonds. The summed E-state index contributed by atoms with van der Waals surface area (Å²) in [7, 11) is 0.674. The number of halogens is 1. The Morgan fingerprint density at radius 2 is 1.79 bits per heavy atom. The molecule has 12 heteroatoms. The Hall–Kier alpha value is -5.23. The molecule has 0 bridgehead atoms. The van der Waals surface area contributed by atoms with Gasteiger partial charge in [0.1, 0.15) is 34.1 Å². The van der Waals surface area contributed by atoms with Crippen molar-refractivity contribution >= 4 is 43.7 Å². The number of hydrogen-bond donors (Lipinski definition) is 1. The van der Waals surface area contributed by atoms with Crippen LogP contribution in [0.5, 0.6) is 5.75 Å². The highest BCUT2D eigenvalue weighted by molar-refractivity contribution is 7.92. The maximum absolute atomic E-state index is 13.7. The monoisotopic (exact) mass is 600 g/mol. The Labute approximate surface area is 245 Å². The van der Waals surface area contributed by atoms with Crippen LogP contribution in [0.15, 0.2) is 81.8 Å². The molecule has 10 nitrogen and oxygen atoms in total. The molecule has 2 aromatic carbocycles. The van der Waals surface area contributed by atoms with Gasteiger partial charge in [0.25, 0.3) is 5.91 Å². The molecule has 218 valence electrons. The van der Waals surface area contributed by atoms with Crippen molar-refractivity contribution in [3.63, 3.8) is 0 Å². The zero-order chi connectivity index (χ0) is 30.5. The third kappa shape index (κ3) is 4.95. The largest absolute Gasteiger partial charge is 0.494 e. The van der Waals surface area contributed by atoms with Crippen LogP contribution in [0.4, 0.5) is 10.1 Å². The first-order chi connectivity index (χ1) is 20.6. The average molecular weight is 601 g/mol. The van der Waals surface area contributed by atoms with Gasteiger partial charge >= 0.3 is 0 Å². The second kappa shape index (κ2) is 10.6. The quantitative estimate of drug-likeness (QED) is 0.241. The average Bonchev–Trinajstić information content (AvgIpc) is 3.61. The van der Waals surface area contributed by atoms with Crippen LogP contribution in [0, 0.1) is 5.82 Å². The Balaban J connectivity index is 1.64. The van der Waals surface area contributed by atoms with Crippen molar-refractivity contribution in [2.75, 3.05) is 31.8 Å². The number of aromatic nitrogens is 2. The summed E-state index contributed by atoms with van der Waals surface area (Å²) < 4.78 is 58.0. The van der Waals surface area contributed by atoms with E-state index in [1.165, 1.54) is 45.5 Å². The minimum atomic E-state index is -3.74. The lowest BCUT2D eigenvalue weighted by Crippen LogP contribution is -2.25. The number of carbonyl (C=O) groups is 1. The minimum absolute atomic E-state index is 0.205. The van der Waals surface area contributed by atoms with Gasteiger partial charge in [0.05, 0.1) is 30.3 Å². The van der Waals surface area contributed by atoms with E-state index in [2.05, 4.69) is 10.3 Å². The summed E-state index contributed by atoms with van der Waals surface area (Å²) in [5.41, 5.74) is 3.53. The molecule has 1 N–H and O–H groups in total. The van der Waals surface area contributed by atoms with Gasteiger partial charge in [-0.1, -0.05) is 0 Å². The van der Waals surface area contributed by atoms with Crippen molar-refractivity contribution in [3.8, 4) is 39.8 Å². The van der Waals surface area contributed by atoms with E-state index in [0.717, 1.165) is 10.6 Å². The molecule has 4 heterocycles. The van der Waals surface area contributed by atoms with Gasteiger partial charge in [0.2, 0.25) is 10.0 Å². The third-order valence-electron chi connectivity index (χ3n) is 7.08. The van der Waals surface area contributed by atoms with Crippen LogP contribution in [0.25, 0.3) is 56.1 Å². The van der Waals surface area contributed by atoms with Crippen LogP contribution in [-0.4, -0.2) is 51.8 Å². The van der Waals surface area contributed by atoms with Crippen LogP contribution in [0.3, 0.4) is 0 Å². The molecule has 0 aliphatic heterocycles. The van der Waals surface area contributed by atoms with E-state index in [1.54, 1.807) is 48.7 Å². The van der Waals surface area contributed by atoms with E-state index < -0.39 is 21.7 Å². The third-order valence-corrected chi connectivity index (χ3v) is 8.27. The lowest BCUT2D eigenvalue weighted by molar-refractivity contribution is 0.0964. The lowest BCUT2D eigenvalue weighted by atomic mass is 10.0. The zero-order valence-electron chi connectivity index (χ0n) is 23.5. The summed E-state index contributed by atoms with van der Waals surface area (Å²) >= 11 is 0. The first-order valence-corrected chi connectivity index (χ1v) is 14.9. The number of hydrogen-bond acceptors (Lipinski definition) is 8. The number of fused-ring (bicyclic) bond motifs is 2. The van der Waals surface area contributed by atoms with Crippen molar-refractivity contribution in [1.29, 1.82) is 0 Å². The molecule has 0 aliphatic rings. The number of sulfonamides is 1. The molecule has 0 unspecified atom stereocenters. The SMILES string of the molecule is CNC(=O)c1c(-c2ccc(F)cc2)oc2cc(N(C)S(C)(=O)=O)c(-c3ccc(OC)c(-c4cc5ncccc5o4)n3)cc12. The fraction of sp³-hybridized carbons (Fsp3) is 0.129. The lowest BCUT2D eigenvalue weighted by Gasteiger charge is -2.20. The number of nitrogens with zero attached hydrogens (tertiary/aromatic N) is 3. The fourth-order valence-electron chi connectivity index (χ4n) is 4.86. The molecule has 0 atom stereocenters. The molecular formula is C31H25FN4O6S. The molecule has 0 spiro atoms. The normalized spacial score (nSPS) is 11.7. The number of amides is 1. The molecule has 0 saturated heterocycles. The summed E-state index contributed by atoms with van der Waals surface area (Å²) in [6.07, 6.45) is 2.73. The highest BCUT2D eigenvalue weighted by Gasteiger charge is 2.27. The van der Waals surface area contributed by atoms with Crippen LogP contribution in [0.1, 0.15) is 10.4 Å². The van der Waals surface area contributed by atoms with Gasteiger partial charge in [-0.25, -0.2) is 17.8 Å². The molecule has 0 aliphatic carbocycles. The van der Waals surface area contributed by atoms with E-state index in [0.29, 0.717) is 50.5 Å². The second-order valence-corrected chi connectivity index (χ2v) is 11.7. The molecule has 4 aromatic heterocycles. The minimum Gasteiger partial charge on any atom is -0.494 e. The first kappa shape index (κ1) is 27.9. The van der Waals surface area contributed by atoms with Crippen molar-refractivity contribution in [1.82, 2.24) is 15.3 Å². The predicted molar refractivity (Wildman–Crippen MR) is 161 cm³/mol. The molecule has 6 rings (SSSR count). The van der Waals surface area contributed by atoms with Crippen molar-refractivity contribution < 1.29 is 31.2 Å². The highest BCUT2D eigenvalue weighted by Crippen LogP contribution is 2.42. The standard InChI is InChI=1S/C31H25FN4O6S/c1-33-31(37)28-20-14-19(21-11-12-25(40-3)29(35-21)27-15-22-24(41-27)6-5-13-34-22)23(36(2)43(4,38)39)16-26(20)42-30(28)17-7-9-18(32)10-8-17/h5-16H,1-4H3,(H,33,37). The maximum Gasteiger partial charge on any atom is 0.255 e. The molecule has 0 saturated carbocycles. The van der Waals surface area contributed by atoms with Gasteiger partial charge in [0.15, 0.2) is 11.3 Å². The van der Waals surface area contributed by atoms with Crippen LogP contribution in [0.2, 0.25) is 0 Å². The number of nitrogens with one attached hydrogen (secondary N) is 1. The number of rotatable bonds is 7. The van der Waals surface area contributed by atoms with Crippen molar-refractivity contribution in [2.24, 2.45) is 0 Å². The Bertz CT molecular complexity index is 2100. The first-order valence-electron chi connectivity index (χ1n) is 13.0. The molecule has 0 fully saturated rings. The second-order valence-electron chi connectivity index (χ2n) is 9.73. The number of carbonyl (C=O) groups excluding carboxylic acids is 1.